The second kappa shape index (κ2) is 6.08. The Morgan fingerprint density at radius 1 is 1.26 bits per heavy atom. The van der Waals surface area contributed by atoms with Crippen LogP contribution in [0.3, 0.4) is 0 Å². The second-order valence-electron chi connectivity index (χ2n) is 6.21. The summed E-state index contributed by atoms with van der Waals surface area (Å²) in [4.78, 5) is 0. The third kappa shape index (κ3) is 2.97. The van der Waals surface area contributed by atoms with Gasteiger partial charge in [-0.1, -0.05) is 6.92 Å². The van der Waals surface area contributed by atoms with Gasteiger partial charge >= 0.3 is 0 Å². The largest absolute Gasteiger partial charge is 0.376 e. The van der Waals surface area contributed by atoms with Crippen LogP contribution in [0.1, 0.15) is 39.0 Å². The fourth-order valence-electron chi connectivity index (χ4n) is 3.84. The van der Waals surface area contributed by atoms with Crippen molar-refractivity contribution in [2.75, 3.05) is 33.0 Å². The van der Waals surface area contributed by atoms with Crippen LogP contribution >= 0.6 is 0 Å². The topological polar surface area (TPSA) is 39.7 Å². The highest BCUT2D eigenvalue weighted by molar-refractivity contribution is 4.98. The maximum absolute atomic E-state index is 6.05. The van der Waals surface area contributed by atoms with E-state index in [1.54, 1.807) is 0 Å². The molecular formula is C15H27NO3. The number of likely N-dealkylation sites (N-methyl/N-ethyl adjacent to an activating group) is 1. The Kier molecular flexibility index (Phi) is 4.42. The Hall–Kier alpha value is -0.160. The molecule has 2 saturated heterocycles. The van der Waals surface area contributed by atoms with Gasteiger partial charge in [0.15, 0.2) is 0 Å². The van der Waals surface area contributed by atoms with Crippen LogP contribution in [0.15, 0.2) is 0 Å². The van der Waals surface area contributed by atoms with Gasteiger partial charge in [0.1, 0.15) is 0 Å². The van der Waals surface area contributed by atoms with Crippen LogP contribution in [0.5, 0.6) is 0 Å². The van der Waals surface area contributed by atoms with Crippen LogP contribution in [0.2, 0.25) is 0 Å². The summed E-state index contributed by atoms with van der Waals surface area (Å²) in [6.45, 7) is 6.31. The van der Waals surface area contributed by atoms with Crippen molar-refractivity contribution in [2.45, 2.75) is 56.8 Å². The molecule has 0 amide bonds. The number of hydrogen-bond acceptors (Lipinski definition) is 4. The average molecular weight is 269 g/mol. The molecule has 19 heavy (non-hydrogen) atoms. The molecule has 4 heteroatoms. The third-order valence-electron chi connectivity index (χ3n) is 4.99. The predicted octanol–water partition coefficient (Wildman–Crippen LogP) is 1.73. The SMILES string of the molecule is CCNC(C1CCOC2(CCC2)C1)C1COCCO1. The predicted molar refractivity (Wildman–Crippen MR) is 73.3 cm³/mol. The lowest BCUT2D eigenvalue weighted by Gasteiger charge is -2.50. The molecule has 1 spiro atoms. The number of rotatable bonds is 4. The summed E-state index contributed by atoms with van der Waals surface area (Å²) in [5.41, 5.74) is 0.214. The normalized spacial score (nSPS) is 35.8. The molecule has 0 aromatic rings. The van der Waals surface area contributed by atoms with Crippen molar-refractivity contribution in [3.63, 3.8) is 0 Å². The molecule has 0 radical (unpaired) electrons. The molecule has 2 aliphatic heterocycles. The van der Waals surface area contributed by atoms with Gasteiger partial charge in [0, 0.05) is 12.6 Å². The molecule has 1 N–H and O–H groups in total. The van der Waals surface area contributed by atoms with Gasteiger partial charge in [-0.05, 0) is 44.6 Å². The summed E-state index contributed by atoms with van der Waals surface area (Å²) in [6, 6.07) is 0.423. The lowest BCUT2D eigenvalue weighted by molar-refractivity contribution is -0.163. The lowest BCUT2D eigenvalue weighted by Crippen LogP contribution is -2.56. The first kappa shape index (κ1) is 13.8. The van der Waals surface area contributed by atoms with E-state index in [1.165, 1.54) is 25.7 Å². The van der Waals surface area contributed by atoms with Gasteiger partial charge in [-0.25, -0.2) is 0 Å². The fraction of sp³-hybridized carbons (Fsp3) is 1.00. The molecule has 2 heterocycles. The Bertz CT molecular complexity index is 287. The summed E-state index contributed by atoms with van der Waals surface area (Å²) < 4.78 is 17.6. The van der Waals surface area contributed by atoms with Crippen LogP contribution in [0.4, 0.5) is 0 Å². The fourth-order valence-corrected chi connectivity index (χ4v) is 3.84. The van der Waals surface area contributed by atoms with Gasteiger partial charge < -0.3 is 19.5 Å². The maximum atomic E-state index is 6.05. The minimum Gasteiger partial charge on any atom is -0.376 e. The van der Waals surface area contributed by atoms with E-state index < -0.39 is 0 Å². The van der Waals surface area contributed by atoms with E-state index in [9.17, 15) is 0 Å². The lowest BCUT2D eigenvalue weighted by atomic mass is 9.70. The highest BCUT2D eigenvalue weighted by Gasteiger charge is 2.45. The van der Waals surface area contributed by atoms with Gasteiger partial charge in [-0.15, -0.1) is 0 Å². The molecule has 4 nitrogen and oxygen atoms in total. The zero-order valence-corrected chi connectivity index (χ0v) is 12.0. The molecule has 0 aromatic carbocycles. The van der Waals surface area contributed by atoms with Gasteiger partial charge in [0.25, 0.3) is 0 Å². The quantitative estimate of drug-likeness (QED) is 0.844. The molecule has 3 unspecified atom stereocenters. The number of ether oxygens (including phenoxy) is 3. The van der Waals surface area contributed by atoms with E-state index in [0.29, 0.717) is 12.0 Å². The molecule has 0 bridgehead atoms. The smallest absolute Gasteiger partial charge is 0.0964 e. The summed E-state index contributed by atoms with van der Waals surface area (Å²) >= 11 is 0. The maximum Gasteiger partial charge on any atom is 0.0964 e. The van der Waals surface area contributed by atoms with Crippen molar-refractivity contribution in [3.8, 4) is 0 Å². The average Bonchev–Trinajstić information content (AvgIpc) is 2.44. The highest BCUT2D eigenvalue weighted by atomic mass is 16.6. The molecule has 3 aliphatic rings. The first-order chi connectivity index (χ1) is 9.33. The standard InChI is InChI=1S/C15H27NO3/c1-2-16-14(13-11-17-8-9-18-13)12-4-7-19-15(10-12)5-3-6-15/h12-14,16H,2-11H2,1H3. The van der Waals surface area contributed by atoms with Gasteiger partial charge in [-0.2, -0.15) is 0 Å². The first-order valence-corrected chi connectivity index (χ1v) is 7.90. The molecule has 0 aromatic heterocycles. The molecule has 3 atom stereocenters. The van der Waals surface area contributed by atoms with Crippen molar-refractivity contribution < 1.29 is 14.2 Å². The monoisotopic (exact) mass is 269 g/mol. The minimum atomic E-state index is 0.214. The molecule has 1 aliphatic carbocycles. The van der Waals surface area contributed by atoms with Crippen LogP contribution in [0.25, 0.3) is 0 Å². The number of hydrogen-bond donors (Lipinski definition) is 1. The van der Waals surface area contributed by atoms with Crippen LogP contribution in [0, 0.1) is 5.92 Å². The van der Waals surface area contributed by atoms with E-state index in [-0.39, 0.29) is 11.7 Å². The van der Waals surface area contributed by atoms with E-state index in [4.69, 9.17) is 14.2 Å². The van der Waals surface area contributed by atoms with Crippen molar-refractivity contribution in [1.82, 2.24) is 5.32 Å². The van der Waals surface area contributed by atoms with Crippen molar-refractivity contribution in [1.29, 1.82) is 0 Å². The Labute approximate surface area is 116 Å². The minimum absolute atomic E-state index is 0.214. The molecular weight excluding hydrogens is 242 g/mol. The summed E-state index contributed by atoms with van der Waals surface area (Å²) in [5, 5.41) is 3.65. The van der Waals surface area contributed by atoms with Crippen molar-refractivity contribution in [2.24, 2.45) is 5.92 Å². The van der Waals surface area contributed by atoms with Crippen LogP contribution in [-0.2, 0) is 14.2 Å². The Morgan fingerprint density at radius 2 is 2.16 bits per heavy atom. The summed E-state index contributed by atoms with van der Waals surface area (Å²) in [6.07, 6.45) is 6.41. The highest BCUT2D eigenvalue weighted by Crippen LogP contribution is 2.45. The molecule has 3 fully saturated rings. The van der Waals surface area contributed by atoms with Crippen LogP contribution in [-0.4, -0.2) is 50.7 Å². The molecule has 3 rings (SSSR count). The van der Waals surface area contributed by atoms with Crippen LogP contribution < -0.4 is 5.32 Å². The van der Waals surface area contributed by atoms with E-state index in [0.717, 1.165) is 39.4 Å². The molecule has 1 saturated carbocycles. The molecule has 110 valence electrons. The zero-order chi connectivity index (χ0) is 13.1. The summed E-state index contributed by atoms with van der Waals surface area (Å²) in [5.74, 6) is 0.667. The van der Waals surface area contributed by atoms with Crippen molar-refractivity contribution in [3.05, 3.63) is 0 Å². The van der Waals surface area contributed by atoms with E-state index in [2.05, 4.69) is 12.2 Å². The van der Waals surface area contributed by atoms with Crippen molar-refractivity contribution >= 4 is 0 Å². The third-order valence-corrected chi connectivity index (χ3v) is 4.99. The second-order valence-corrected chi connectivity index (χ2v) is 6.21. The number of nitrogens with one attached hydrogen (secondary N) is 1. The summed E-state index contributed by atoms with van der Waals surface area (Å²) in [7, 11) is 0. The van der Waals surface area contributed by atoms with Gasteiger partial charge in [0.2, 0.25) is 0 Å². The Balaban J connectivity index is 1.64. The van der Waals surface area contributed by atoms with E-state index in [1.807, 2.05) is 0 Å². The van der Waals surface area contributed by atoms with Gasteiger partial charge in [-0.3, -0.25) is 0 Å². The van der Waals surface area contributed by atoms with E-state index >= 15 is 0 Å². The Morgan fingerprint density at radius 3 is 2.79 bits per heavy atom. The first-order valence-electron chi connectivity index (χ1n) is 7.90. The van der Waals surface area contributed by atoms with Gasteiger partial charge in [0.05, 0.1) is 31.5 Å². The zero-order valence-electron chi connectivity index (χ0n) is 12.0.